The minimum absolute atomic E-state index is 0.0834. The van der Waals surface area contributed by atoms with Crippen molar-refractivity contribution in [3.05, 3.63) is 52.9 Å². The van der Waals surface area contributed by atoms with E-state index in [1.54, 1.807) is 6.07 Å². The molecular weight excluding hydrogens is 356 g/mol. The van der Waals surface area contributed by atoms with Gasteiger partial charge in [0.1, 0.15) is 4.90 Å². The van der Waals surface area contributed by atoms with Gasteiger partial charge in [-0.15, -0.1) is 11.3 Å². The van der Waals surface area contributed by atoms with Crippen LogP contribution in [0.3, 0.4) is 0 Å². The van der Waals surface area contributed by atoms with Gasteiger partial charge in [0.15, 0.2) is 11.5 Å². The van der Waals surface area contributed by atoms with E-state index in [1.807, 2.05) is 36.4 Å². The molecule has 0 radical (unpaired) electrons. The second-order valence-corrected chi connectivity index (χ2v) is 8.77. The van der Waals surface area contributed by atoms with E-state index >= 15 is 0 Å². The lowest BCUT2D eigenvalue weighted by atomic mass is 10.1. The summed E-state index contributed by atoms with van der Waals surface area (Å²) in [6, 6.07) is 13.3. The number of hydrogen-bond acceptors (Lipinski definition) is 5. The fraction of sp³-hybridized carbons (Fsp3) is 0.125. The molecule has 0 fully saturated rings. The molecule has 0 bridgehead atoms. The molecule has 1 aliphatic heterocycles. The Morgan fingerprint density at radius 2 is 1.87 bits per heavy atom. The van der Waals surface area contributed by atoms with Crippen molar-refractivity contribution in [3.63, 3.8) is 0 Å². The molecule has 2 heterocycles. The smallest absolute Gasteiger partial charge is 0.263 e. The fourth-order valence-electron chi connectivity index (χ4n) is 2.73. The molecule has 0 spiro atoms. The van der Waals surface area contributed by atoms with Gasteiger partial charge in [0.25, 0.3) is 9.05 Å². The summed E-state index contributed by atoms with van der Waals surface area (Å²) < 4.78 is 36.0. The van der Waals surface area contributed by atoms with Crippen molar-refractivity contribution in [1.29, 1.82) is 0 Å². The summed E-state index contributed by atoms with van der Waals surface area (Å²) >= 11 is 1.41. The number of benzene rings is 2. The van der Waals surface area contributed by atoms with Crippen molar-refractivity contribution in [1.82, 2.24) is 0 Å². The molecule has 3 aromatic rings. The van der Waals surface area contributed by atoms with Crippen molar-refractivity contribution in [2.45, 2.75) is 11.3 Å². The Balaban J connectivity index is 1.98. The monoisotopic (exact) mass is 366 g/mol. The first-order valence-electron chi connectivity index (χ1n) is 6.86. The number of rotatable bonds is 3. The van der Waals surface area contributed by atoms with Crippen molar-refractivity contribution in [3.8, 4) is 11.5 Å². The van der Waals surface area contributed by atoms with Crippen LogP contribution in [0.15, 0.2) is 47.4 Å². The van der Waals surface area contributed by atoms with E-state index in [2.05, 4.69) is 0 Å². The zero-order chi connectivity index (χ0) is 16.0. The largest absolute Gasteiger partial charge is 0.454 e. The number of hydrogen-bond donors (Lipinski definition) is 0. The Morgan fingerprint density at radius 1 is 1.09 bits per heavy atom. The Kier molecular flexibility index (Phi) is 3.48. The van der Waals surface area contributed by atoms with Gasteiger partial charge in [0.05, 0.1) is 5.39 Å². The Hall–Kier alpha value is -1.76. The van der Waals surface area contributed by atoms with Crippen molar-refractivity contribution in [2.24, 2.45) is 0 Å². The van der Waals surface area contributed by atoms with Crippen LogP contribution in [-0.2, 0) is 15.5 Å². The summed E-state index contributed by atoms with van der Waals surface area (Å²) in [5, 5.41) is 0.519. The second-order valence-electron chi connectivity index (χ2n) is 5.13. The molecule has 0 N–H and O–H groups in total. The average Bonchev–Trinajstić information content (AvgIpc) is 3.10. The lowest BCUT2D eigenvalue weighted by molar-refractivity contribution is 0.174. The molecular formula is C16H11ClO4S2. The molecule has 0 unspecified atom stereocenters. The van der Waals surface area contributed by atoms with Crippen LogP contribution in [0.2, 0.25) is 0 Å². The molecule has 4 nitrogen and oxygen atoms in total. The van der Waals surface area contributed by atoms with Crippen molar-refractivity contribution in [2.75, 3.05) is 6.79 Å². The lowest BCUT2D eigenvalue weighted by Crippen LogP contribution is -1.97. The van der Waals surface area contributed by atoms with Gasteiger partial charge in [-0.2, -0.15) is 0 Å². The zero-order valence-electron chi connectivity index (χ0n) is 11.8. The zero-order valence-corrected chi connectivity index (χ0v) is 14.2. The highest BCUT2D eigenvalue weighted by Gasteiger charge is 2.29. The maximum absolute atomic E-state index is 12.2. The summed E-state index contributed by atoms with van der Waals surface area (Å²) in [6.07, 6.45) is 0.497. The fourth-order valence-corrected chi connectivity index (χ4v) is 5.82. The van der Waals surface area contributed by atoms with Crippen LogP contribution in [-0.4, -0.2) is 15.2 Å². The molecule has 0 atom stereocenters. The predicted octanol–water partition coefficient (Wildman–Crippen LogP) is 4.15. The van der Waals surface area contributed by atoms with Crippen LogP contribution < -0.4 is 9.47 Å². The number of ether oxygens (including phenoxy) is 2. The minimum atomic E-state index is -3.91. The van der Waals surface area contributed by atoms with E-state index in [-0.39, 0.29) is 11.7 Å². The second kappa shape index (κ2) is 5.40. The predicted molar refractivity (Wildman–Crippen MR) is 90.2 cm³/mol. The molecule has 4 rings (SSSR count). The quantitative estimate of drug-likeness (QED) is 0.653. The van der Waals surface area contributed by atoms with E-state index in [0.717, 1.165) is 10.3 Å². The van der Waals surface area contributed by atoms with E-state index in [1.165, 1.54) is 11.3 Å². The van der Waals surface area contributed by atoms with Crippen LogP contribution in [0.5, 0.6) is 11.5 Å². The highest BCUT2D eigenvalue weighted by Crippen LogP contribution is 2.48. The first-order valence-corrected chi connectivity index (χ1v) is 9.99. The van der Waals surface area contributed by atoms with Gasteiger partial charge in [-0.1, -0.05) is 30.3 Å². The van der Waals surface area contributed by atoms with Crippen LogP contribution in [0.25, 0.3) is 10.1 Å². The average molecular weight is 367 g/mol. The number of halogens is 1. The third kappa shape index (κ3) is 2.56. The van der Waals surface area contributed by atoms with E-state index in [4.69, 9.17) is 20.2 Å². The molecule has 0 aliphatic carbocycles. The van der Waals surface area contributed by atoms with Gasteiger partial charge in [0, 0.05) is 26.7 Å². The molecule has 2 aromatic carbocycles. The third-order valence-electron chi connectivity index (χ3n) is 3.67. The van der Waals surface area contributed by atoms with E-state index in [0.29, 0.717) is 28.2 Å². The minimum Gasteiger partial charge on any atom is -0.454 e. The first kappa shape index (κ1) is 14.8. The first-order chi connectivity index (χ1) is 11.0. The Bertz CT molecular complexity index is 994. The highest BCUT2D eigenvalue weighted by molar-refractivity contribution is 8.14. The normalized spacial score (nSPS) is 13.6. The summed E-state index contributed by atoms with van der Waals surface area (Å²) in [5.41, 5.74) is 1.02. The standard InChI is InChI=1S/C16H11ClO4S2/c17-23(18,19)16-13(8-10-4-2-1-3-5-10)22-12-7-6-11-15(14(12)16)21-9-20-11/h1-7H,8-9H2. The molecule has 23 heavy (non-hydrogen) atoms. The molecule has 0 saturated carbocycles. The van der Waals surface area contributed by atoms with Crippen LogP contribution >= 0.6 is 22.0 Å². The summed E-state index contributed by atoms with van der Waals surface area (Å²) in [7, 11) is 1.82. The summed E-state index contributed by atoms with van der Waals surface area (Å²) in [5.74, 6) is 1.00. The van der Waals surface area contributed by atoms with Gasteiger partial charge in [-0.3, -0.25) is 0 Å². The Morgan fingerprint density at radius 3 is 2.61 bits per heavy atom. The van der Waals surface area contributed by atoms with Gasteiger partial charge in [-0.25, -0.2) is 8.42 Å². The molecule has 1 aliphatic rings. The van der Waals surface area contributed by atoms with Crippen LogP contribution in [0, 0.1) is 0 Å². The maximum Gasteiger partial charge on any atom is 0.263 e. The third-order valence-corrected chi connectivity index (χ3v) is 6.35. The molecule has 0 amide bonds. The molecule has 118 valence electrons. The van der Waals surface area contributed by atoms with Gasteiger partial charge >= 0.3 is 0 Å². The summed E-state index contributed by atoms with van der Waals surface area (Å²) in [4.78, 5) is 0.829. The van der Waals surface area contributed by atoms with Crippen molar-refractivity contribution < 1.29 is 17.9 Å². The molecule has 0 saturated heterocycles. The van der Waals surface area contributed by atoms with Gasteiger partial charge in [0.2, 0.25) is 6.79 Å². The van der Waals surface area contributed by atoms with E-state index < -0.39 is 9.05 Å². The maximum atomic E-state index is 12.2. The van der Waals surface area contributed by atoms with Crippen LogP contribution in [0.1, 0.15) is 10.4 Å². The van der Waals surface area contributed by atoms with Gasteiger partial charge in [-0.05, 0) is 17.7 Å². The Labute approximate surface area is 141 Å². The SMILES string of the molecule is O=S(=O)(Cl)c1c(Cc2ccccc2)sc2ccc3c(c12)OCO3. The summed E-state index contributed by atoms with van der Waals surface area (Å²) in [6.45, 7) is 0.0834. The van der Waals surface area contributed by atoms with Crippen LogP contribution in [0.4, 0.5) is 0 Å². The van der Waals surface area contributed by atoms with E-state index in [9.17, 15) is 8.42 Å². The lowest BCUT2D eigenvalue weighted by Gasteiger charge is -2.03. The van der Waals surface area contributed by atoms with Crippen molar-refractivity contribution >= 4 is 41.2 Å². The molecule has 1 aromatic heterocycles. The highest BCUT2D eigenvalue weighted by atomic mass is 35.7. The molecule has 7 heteroatoms. The number of thiophene rings is 1. The van der Waals surface area contributed by atoms with Gasteiger partial charge < -0.3 is 9.47 Å². The topological polar surface area (TPSA) is 52.6 Å². The number of fused-ring (bicyclic) bond motifs is 3.